The van der Waals surface area contributed by atoms with Gasteiger partial charge in [-0.2, -0.15) is 0 Å². The van der Waals surface area contributed by atoms with E-state index in [9.17, 15) is 14.4 Å². The second kappa shape index (κ2) is 8.62. The van der Waals surface area contributed by atoms with Crippen LogP contribution in [0.3, 0.4) is 0 Å². The summed E-state index contributed by atoms with van der Waals surface area (Å²) in [5, 5.41) is 0. The molecule has 0 aromatic rings. The van der Waals surface area contributed by atoms with E-state index in [2.05, 4.69) is 0 Å². The van der Waals surface area contributed by atoms with Gasteiger partial charge in [0.1, 0.15) is 36.0 Å². The van der Waals surface area contributed by atoms with E-state index in [-0.39, 0.29) is 24.2 Å². The van der Waals surface area contributed by atoms with E-state index in [4.69, 9.17) is 58.5 Å². The number of epoxide rings is 1. The maximum absolute atomic E-state index is 12.3. The molecule has 4 aliphatic rings. The van der Waals surface area contributed by atoms with Gasteiger partial charge in [0.05, 0.1) is 18.1 Å². The van der Waals surface area contributed by atoms with Crippen LogP contribution in [0, 0.1) is 10.8 Å². The normalized spacial score (nSPS) is 41.5. The van der Waals surface area contributed by atoms with Crippen molar-refractivity contribution in [1.29, 1.82) is 0 Å². The van der Waals surface area contributed by atoms with Crippen LogP contribution in [0.2, 0.25) is 0 Å². The highest BCUT2D eigenvalue weighted by Gasteiger charge is 2.86. The van der Waals surface area contributed by atoms with Gasteiger partial charge in [-0.1, -0.05) is 18.6 Å². The first-order valence-corrected chi connectivity index (χ1v) is 12.0. The first kappa shape index (κ1) is 24.1. The van der Waals surface area contributed by atoms with Crippen LogP contribution < -0.4 is 0 Å². The number of carbonyl (C=O) groups excluding carboxylic acids is 3. The fraction of sp³-hybridized carbons (Fsp3) is 0.762. The summed E-state index contributed by atoms with van der Waals surface area (Å²) in [6.07, 6.45) is 0.204. The molecule has 0 radical (unpaired) electrons. The second-order valence-electron chi connectivity index (χ2n) is 8.95. The van der Waals surface area contributed by atoms with Crippen LogP contribution in [-0.4, -0.2) is 78.8 Å². The second-order valence-corrected chi connectivity index (χ2v) is 9.76. The quantitative estimate of drug-likeness (QED) is 0.169. The molecular weight excluding hydrogens is 487 g/mol. The van der Waals surface area contributed by atoms with Crippen molar-refractivity contribution in [2.45, 2.75) is 56.7 Å². The summed E-state index contributed by atoms with van der Waals surface area (Å²) < 4.78 is 29.5. The lowest BCUT2D eigenvalue weighted by molar-refractivity contribution is -0.233. The predicted molar refractivity (Wildman–Crippen MR) is 114 cm³/mol. The summed E-state index contributed by atoms with van der Waals surface area (Å²) in [6.45, 7) is 4.22. The number of carbonyl (C=O) groups is 3. The smallest absolute Gasteiger partial charge is 0.321 e. The number of allylic oxidation sites excluding steroid dienone is 1. The molecule has 0 N–H and O–H groups in total. The number of esters is 3. The van der Waals surface area contributed by atoms with Crippen molar-refractivity contribution in [3.8, 4) is 0 Å². The third-order valence-corrected chi connectivity index (χ3v) is 8.23. The maximum atomic E-state index is 12.3. The van der Waals surface area contributed by atoms with Crippen LogP contribution in [0.1, 0.15) is 26.7 Å². The van der Waals surface area contributed by atoms with Crippen LogP contribution in [0.4, 0.5) is 0 Å². The predicted octanol–water partition coefficient (Wildman–Crippen LogP) is 2.35. The molecule has 8 nitrogen and oxygen atoms in total. The van der Waals surface area contributed by atoms with Gasteiger partial charge in [-0.15, -0.1) is 34.8 Å². The van der Waals surface area contributed by atoms with Gasteiger partial charge in [0, 0.05) is 5.41 Å². The molecule has 2 saturated heterocycles. The van der Waals surface area contributed by atoms with E-state index >= 15 is 0 Å². The Bertz CT molecular complexity index is 843. The number of ether oxygens (including phenoxy) is 5. The number of fused-ring (bicyclic) bond motifs is 2. The molecule has 0 aromatic heterocycles. The number of hydrogen-bond donors (Lipinski definition) is 0. The Hall–Kier alpha value is -1.06. The lowest BCUT2D eigenvalue weighted by Crippen LogP contribution is -2.66. The lowest BCUT2D eigenvalue weighted by Gasteiger charge is -2.57. The van der Waals surface area contributed by atoms with E-state index in [0.29, 0.717) is 13.0 Å². The standard InChI is InChI=1S/C21H25Cl3O8/c1-11-3-4-20(9-28-13(25)6-22)12(5-11)30-18-16(31-14(26)7-23)17(32-15(27)8-24)19(20,2)21(18)10-29-21/h5,12,16-18H,3-4,6-10H2,1-2H3/t12-,16-,17-,18-,19-,20-,21+/m1/s1. The molecule has 0 amide bonds. The Morgan fingerprint density at radius 1 is 1.09 bits per heavy atom. The number of rotatable bonds is 7. The van der Waals surface area contributed by atoms with Crippen LogP contribution in [0.5, 0.6) is 0 Å². The summed E-state index contributed by atoms with van der Waals surface area (Å²) >= 11 is 17.1. The Morgan fingerprint density at radius 3 is 2.31 bits per heavy atom. The van der Waals surface area contributed by atoms with Crippen molar-refractivity contribution in [2.24, 2.45) is 10.8 Å². The third-order valence-electron chi connectivity index (χ3n) is 7.58. The molecule has 0 unspecified atom stereocenters. The van der Waals surface area contributed by atoms with Crippen molar-refractivity contribution >= 4 is 52.7 Å². The first-order chi connectivity index (χ1) is 15.2. The minimum atomic E-state index is -0.958. The molecule has 178 valence electrons. The van der Waals surface area contributed by atoms with Crippen molar-refractivity contribution < 1.29 is 38.1 Å². The molecule has 2 heterocycles. The number of halogens is 3. The molecular formula is C21H25Cl3O8. The maximum Gasteiger partial charge on any atom is 0.321 e. The van der Waals surface area contributed by atoms with Gasteiger partial charge in [-0.05, 0) is 19.8 Å². The molecule has 3 fully saturated rings. The van der Waals surface area contributed by atoms with Crippen LogP contribution in [0.15, 0.2) is 11.6 Å². The third kappa shape index (κ3) is 3.36. The van der Waals surface area contributed by atoms with E-state index in [1.807, 2.05) is 19.9 Å². The van der Waals surface area contributed by atoms with Gasteiger partial charge >= 0.3 is 17.9 Å². The lowest BCUT2D eigenvalue weighted by atomic mass is 9.51. The average molecular weight is 512 g/mol. The minimum Gasteiger partial charge on any atom is -0.464 e. The Morgan fingerprint density at radius 2 is 1.72 bits per heavy atom. The van der Waals surface area contributed by atoms with Gasteiger partial charge in [0.15, 0.2) is 12.2 Å². The monoisotopic (exact) mass is 510 g/mol. The highest BCUT2D eigenvalue weighted by atomic mass is 35.5. The van der Waals surface area contributed by atoms with Gasteiger partial charge in [0.25, 0.3) is 0 Å². The Labute approximate surface area is 200 Å². The SMILES string of the molecule is CC1=C[C@H]2O[C@@H]3[C@H](OC(=O)CCl)[C@@H](OC(=O)CCl)[C@](C)([C@@]2(COC(=O)CCl)CC1)[C@]31CO1. The van der Waals surface area contributed by atoms with E-state index in [1.165, 1.54) is 0 Å². The number of alkyl halides is 3. The summed E-state index contributed by atoms with van der Waals surface area (Å²) in [5.74, 6) is -2.95. The van der Waals surface area contributed by atoms with Gasteiger partial charge in [-0.3, -0.25) is 14.4 Å². The fourth-order valence-corrected chi connectivity index (χ4v) is 6.09. The van der Waals surface area contributed by atoms with E-state index < -0.39 is 58.8 Å². The van der Waals surface area contributed by atoms with Gasteiger partial charge in [0.2, 0.25) is 0 Å². The molecule has 4 rings (SSSR count). The zero-order chi connectivity index (χ0) is 23.3. The first-order valence-electron chi connectivity index (χ1n) is 10.4. The summed E-state index contributed by atoms with van der Waals surface area (Å²) in [4.78, 5) is 36.5. The summed E-state index contributed by atoms with van der Waals surface area (Å²) in [7, 11) is 0. The Kier molecular flexibility index (Phi) is 6.48. The fourth-order valence-electron chi connectivity index (χ4n) is 5.89. The van der Waals surface area contributed by atoms with Crippen molar-refractivity contribution in [3.63, 3.8) is 0 Å². The van der Waals surface area contributed by atoms with Crippen LogP contribution in [0.25, 0.3) is 0 Å². The van der Waals surface area contributed by atoms with Gasteiger partial charge < -0.3 is 23.7 Å². The van der Waals surface area contributed by atoms with E-state index in [1.54, 1.807) is 0 Å². The zero-order valence-corrected chi connectivity index (χ0v) is 20.0. The van der Waals surface area contributed by atoms with Crippen molar-refractivity contribution in [2.75, 3.05) is 30.9 Å². The highest BCUT2D eigenvalue weighted by molar-refractivity contribution is 6.27. The molecule has 1 spiro atoms. The van der Waals surface area contributed by atoms with Crippen molar-refractivity contribution in [1.82, 2.24) is 0 Å². The highest BCUT2D eigenvalue weighted by Crippen LogP contribution is 2.72. The van der Waals surface area contributed by atoms with Gasteiger partial charge in [-0.25, -0.2) is 0 Å². The molecule has 2 aliphatic carbocycles. The zero-order valence-electron chi connectivity index (χ0n) is 17.7. The molecule has 2 aliphatic heterocycles. The number of hydrogen-bond acceptors (Lipinski definition) is 8. The average Bonchev–Trinajstić information content (AvgIpc) is 3.57. The molecule has 2 bridgehead atoms. The summed E-state index contributed by atoms with van der Waals surface area (Å²) in [6, 6.07) is 0. The topological polar surface area (TPSA) is 101 Å². The molecule has 7 atom stereocenters. The largest absolute Gasteiger partial charge is 0.464 e. The van der Waals surface area contributed by atoms with Crippen LogP contribution >= 0.6 is 34.8 Å². The molecule has 1 saturated carbocycles. The van der Waals surface area contributed by atoms with Crippen LogP contribution in [-0.2, 0) is 38.1 Å². The Balaban J connectivity index is 1.84. The molecule has 0 aromatic carbocycles. The minimum absolute atomic E-state index is 0.0214. The van der Waals surface area contributed by atoms with Crippen molar-refractivity contribution in [3.05, 3.63) is 11.6 Å². The summed E-state index contributed by atoms with van der Waals surface area (Å²) in [5.41, 5.74) is -1.50. The van der Waals surface area contributed by atoms with E-state index in [0.717, 1.165) is 12.0 Å². The molecule has 32 heavy (non-hydrogen) atoms. The molecule has 11 heteroatoms.